The van der Waals surface area contributed by atoms with E-state index in [9.17, 15) is 0 Å². The molecule has 0 fully saturated rings. The highest BCUT2D eigenvalue weighted by Gasteiger charge is 2.25. The smallest absolute Gasteiger partial charge is 0.0785 e. The zero-order valence-corrected chi connectivity index (χ0v) is 16.4. The van der Waals surface area contributed by atoms with E-state index in [0.717, 1.165) is 6.61 Å². The van der Waals surface area contributed by atoms with Crippen LogP contribution in [-0.4, -0.2) is 34.6 Å². The average molecular weight is 317 g/mol. The van der Waals surface area contributed by atoms with E-state index in [4.69, 9.17) is 9.47 Å². The molecule has 0 aliphatic heterocycles. The molecule has 0 aromatic carbocycles. The SMILES string of the molecule is COCCCCCCCCCCCCC(OC)[Si](C)(C)C. The van der Waals surface area contributed by atoms with Crippen molar-refractivity contribution in [2.45, 2.75) is 96.0 Å². The summed E-state index contributed by atoms with van der Waals surface area (Å²) in [5.74, 6) is 0. The third-order valence-corrected chi connectivity index (χ3v) is 6.77. The van der Waals surface area contributed by atoms with E-state index in [2.05, 4.69) is 19.6 Å². The van der Waals surface area contributed by atoms with Gasteiger partial charge in [0.15, 0.2) is 0 Å². The van der Waals surface area contributed by atoms with Crippen LogP contribution in [-0.2, 0) is 9.47 Å². The molecule has 0 aromatic heterocycles. The predicted octanol–water partition coefficient (Wildman–Crippen LogP) is 5.82. The Labute approximate surface area is 135 Å². The van der Waals surface area contributed by atoms with Crippen LogP contribution < -0.4 is 0 Å². The van der Waals surface area contributed by atoms with Crippen molar-refractivity contribution >= 4 is 8.07 Å². The number of ether oxygens (including phenoxy) is 2. The van der Waals surface area contributed by atoms with Gasteiger partial charge in [-0.25, -0.2) is 0 Å². The molecule has 128 valence electrons. The van der Waals surface area contributed by atoms with E-state index in [1.165, 1.54) is 70.6 Å². The summed E-state index contributed by atoms with van der Waals surface area (Å²) < 4.78 is 10.7. The monoisotopic (exact) mass is 316 g/mol. The molecular formula is C18H40O2Si. The van der Waals surface area contributed by atoms with Crippen LogP contribution in [0.15, 0.2) is 0 Å². The van der Waals surface area contributed by atoms with Gasteiger partial charge in [0.1, 0.15) is 0 Å². The Balaban J connectivity index is 3.26. The van der Waals surface area contributed by atoms with Crippen molar-refractivity contribution < 1.29 is 9.47 Å². The number of methoxy groups -OCH3 is 2. The molecule has 0 radical (unpaired) electrons. The molecule has 1 atom stereocenters. The summed E-state index contributed by atoms with van der Waals surface area (Å²) in [4.78, 5) is 0. The van der Waals surface area contributed by atoms with Gasteiger partial charge in [-0.3, -0.25) is 0 Å². The van der Waals surface area contributed by atoms with Crippen LogP contribution in [0.1, 0.15) is 70.6 Å². The van der Waals surface area contributed by atoms with Gasteiger partial charge in [0.2, 0.25) is 0 Å². The van der Waals surface area contributed by atoms with Crippen LogP contribution in [0.5, 0.6) is 0 Å². The van der Waals surface area contributed by atoms with Gasteiger partial charge < -0.3 is 9.47 Å². The molecule has 0 heterocycles. The molecule has 0 saturated carbocycles. The van der Waals surface area contributed by atoms with Gasteiger partial charge >= 0.3 is 0 Å². The summed E-state index contributed by atoms with van der Waals surface area (Å²) in [6.07, 6.45) is 15.0. The lowest BCUT2D eigenvalue weighted by atomic mass is 10.1. The Morgan fingerprint density at radius 3 is 1.48 bits per heavy atom. The van der Waals surface area contributed by atoms with E-state index in [-0.39, 0.29) is 0 Å². The summed E-state index contributed by atoms with van der Waals surface area (Å²) >= 11 is 0. The van der Waals surface area contributed by atoms with Crippen molar-refractivity contribution in [2.75, 3.05) is 20.8 Å². The van der Waals surface area contributed by atoms with Crippen molar-refractivity contribution in [3.05, 3.63) is 0 Å². The van der Waals surface area contributed by atoms with Gasteiger partial charge in [-0.2, -0.15) is 0 Å². The fourth-order valence-corrected chi connectivity index (χ4v) is 4.67. The average Bonchev–Trinajstić information content (AvgIpc) is 2.42. The second-order valence-electron chi connectivity index (χ2n) is 7.41. The molecule has 0 bridgehead atoms. The van der Waals surface area contributed by atoms with Crippen molar-refractivity contribution in [2.24, 2.45) is 0 Å². The highest BCUT2D eigenvalue weighted by Crippen LogP contribution is 2.18. The normalized spacial score (nSPS) is 13.6. The van der Waals surface area contributed by atoms with Crippen molar-refractivity contribution in [1.82, 2.24) is 0 Å². The Hall–Kier alpha value is 0.137. The maximum Gasteiger partial charge on any atom is 0.0785 e. The molecule has 0 saturated heterocycles. The van der Waals surface area contributed by atoms with E-state index >= 15 is 0 Å². The minimum absolute atomic E-state index is 0.546. The molecular weight excluding hydrogens is 276 g/mol. The first-order valence-corrected chi connectivity index (χ1v) is 12.6. The number of hydrogen-bond acceptors (Lipinski definition) is 2. The van der Waals surface area contributed by atoms with Crippen LogP contribution >= 0.6 is 0 Å². The summed E-state index contributed by atoms with van der Waals surface area (Å²) in [6.45, 7) is 8.16. The van der Waals surface area contributed by atoms with Gasteiger partial charge in [0, 0.05) is 26.6 Å². The van der Waals surface area contributed by atoms with Gasteiger partial charge in [-0.15, -0.1) is 0 Å². The summed E-state index contributed by atoms with van der Waals surface area (Å²) in [5, 5.41) is 0. The number of rotatable bonds is 15. The van der Waals surface area contributed by atoms with Crippen molar-refractivity contribution in [3.8, 4) is 0 Å². The van der Waals surface area contributed by atoms with E-state index in [1.54, 1.807) is 7.11 Å². The highest BCUT2D eigenvalue weighted by molar-refractivity contribution is 6.77. The minimum atomic E-state index is -1.12. The second-order valence-corrected chi connectivity index (χ2v) is 12.8. The maximum absolute atomic E-state index is 5.67. The van der Waals surface area contributed by atoms with E-state index < -0.39 is 8.07 Å². The summed E-state index contributed by atoms with van der Waals surface area (Å²) in [7, 11) is 2.56. The Kier molecular flexibility index (Phi) is 13.9. The predicted molar refractivity (Wildman–Crippen MR) is 96.8 cm³/mol. The topological polar surface area (TPSA) is 18.5 Å². The molecule has 0 rings (SSSR count). The van der Waals surface area contributed by atoms with E-state index in [0.29, 0.717) is 5.73 Å². The first-order chi connectivity index (χ1) is 10.0. The molecule has 0 aromatic rings. The molecule has 0 N–H and O–H groups in total. The zero-order valence-electron chi connectivity index (χ0n) is 15.4. The molecule has 2 nitrogen and oxygen atoms in total. The zero-order chi connectivity index (χ0) is 16.0. The quantitative estimate of drug-likeness (QED) is 0.280. The molecule has 3 heteroatoms. The van der Waals surface area contributed by atoms with Crippen molar-refractivity contribution in [3.63, 3.8) is 0 Å². The highest BCUT2D eigenvalue weighted by atomic mass is 28.3. The molecule has 1 unspecified atom stereocenters. The van der Waals surface area contributed by atoms with Crippen LogP contribution in [0, 0.1) is 0 Å². The van der Waals surface area contributed by atoms with Crippen LogP contribution in [0.2, 0.25) is 19.6 Å². The molecule has 0 spiro atoms. The lowest BCUT2D eigenvalue weighted by Crippen LogP contribution is -2.39. The van der Waals surface area contributed by atoms with E-state index in [1.807, 2.05) is 7.11 Å². The third-order valence-electron chi connectivity index (χ3n) is 4.32. The summed E-state index contributed by atoms with van der Waals surface area (Å²) in [6, 6.07) is 0. The molecule has 0 aliphatic carbocycles. The van der Waals surface area contributed by atoms with Crippen LogP contribution in [0.25, 0.3) is 0 Å². The molecule has 21 heavy (non-hydrogen) atoms. The number of unbranched alkanes of at least 4 members (excludes halogenated alkanes) is 9. The first-order valence-electron chi connectivity index (χ1n) is 9.04. The fraction of sp³-hybridized carbons (Fsp3) is 1.00. The third kappa shape index (κ3) is 13.5. The summed E-state index contributed by atoms with van der Waals surface area (Å²) in [5.41, 5.74) is 0.546. The Bertz CT molecular complexity index is 214. The Morgan fingerprint density at radius 2 is 1.10 bits per heavy atom. The van der Waals surface area contributed by atoms with Gasteiger partial charge in [-0.05, 0) is 12.8 Å². The minimum Gasteiger partial charge on any atom is -0.385 e. The fourth-order valence-electron chi connectivity index (χ4n) is 2.89. The molecule has 0 amide bonds. The Morgan fingerprint density at radius 1 is 0.667 bits per heavy atom. The van der Waals surface area contributed by atoms with Crippen LogP contribution in [0.3, 0.4) is 0 Å². The van der Waals surface area contributed by atoms with Gasteiger partial charge in [0.05, 0.1) is 8.07 Å². The van der Waals surface area contributed by atoms with Crippen LogP contribution in [0.4, 0.5) is 0 Å². The standard InChI is InChI=1S/C18H40O2Si/c1-19-17-15-13-11-9-7-6-8-10-12-14-16-18(20-2)21(3,4)5/h18H,6-17H2,1-5H3. The maximum atomic E-state index is 5.67. The second kappa shape index (κ2) is 13.8. The largest absolute Gasteiger partial charge is 0.385 e. The number of hydrogen-bond donors (Lipinski definition) is 0. The van der Waals surface area contributed by atoms with Crippen molar-refractivity contribution in [1.29, 1.82) is 0 Å². The lowest BCUT2D eigenvalue weighted by Gasteiger charge is -2.27. The van der Waals surface area contributed by atoms with Gasteiger partial charge in [-0.1, -0.05) is 77.4 Å². The van der Waals surface area contributed by atoms with Gasteiger partial charge in [0.25, 0.3) is 0 Å². The first kappa shape index (κ1) is 21.1. The molecule has 0 aliphatic rings. The lowest BCUT2D eigenvalue weighted by molar-refractivity contribution is 0.147.